The lowest BCUT2D eigenvalue weighted by molar-refractivity contribution is -0.758. The van der Waals surface area contributed by atoms with Gasteiger partial charge in [0.15, 0.2) is 0 Å². The molecule has 10 heteroatoms. The van der Waals surface area contributed by atoms with Crippen LogP contribution in [0.3, 0.4) is 0 Å². The van der Waals surface area contributed by atoms with Gasteiger partial charge in [0, 0.05) is 11.9 Å². The van der Waals surface area contributed by atoms with E-state index in [9.17, 15) is 14.9 Å². The van der Waals surface area contributed by atoms with Gasteiger partial charge in [0.1, 0.15) is 12.3 Å². The molecule has 1 amide bonds. The van der Waals surface area contributed by atoms with Crippen LogP contribution in [-0.2, 0) is 9.57 Å². The Morgan fingerprint density at radius 3 is 2.84 bits per heavy atom. The summed E-state index contributed by atoms with van der Waals surface area (Å²) in [4.78, 5) is 29.4. The summed E-state index contributed by atoms with van der Waals surface area (Å²) in [6, 6.07) is 0. The molecule has 0 bridgehead atoms. The van der Waals surface area contributed by atoms with Gasteiger partial charge in [-0.1, -0.05) is 0 Å². The molecule has 0 aliphatic rings. The van der Waals surface area contributed by atoms with Crippen LogP contribution in [0.1, 0.15) is 15.5 Å². The summed E-state index contributed by atoms with van der Waals surface area (Å²) in [6.45, 7) is 2.38. The number of rotatable bonds is 8. The van der Waals surface area contributed by atoms with Crippen molar-refractivity contribution in [3.63, 3.8) is 0 Å². The maximum atomic E-state index is 11.5. The zero-order chi connectivity index (χ0) is 13.4. The lowest BCUT2D eigenvalue weighted by Gasteiger charge is -2.04. The molecule has 0 unspecified atom stereocenters. The van der Waals surface area contributed by atoms with Crippen LogP contribution in [0.4, 0.5) is 0 Å². The number of hydrogen-bond donors (Lipinski definition) is 1. The molecule has 108 valence electrons. The van der Waals surface area contributed by atoms with Crippen molar-refractivity contribution in [1.82, 2.24) is 10.3 Å². The summed E-state index contributed by atoms with van der Waals surface area (Å²) in [6.07, 6.45) is 0. The number of thiazole rings is 1. The second-order valence-corrected chi connectivity index (χ2v) is 4.24. The molecular formula is C9H14ClN3O5S. The largest absolute Gasteiger partial charge is 0.378 e. The van der Waals surface area contributed by atoms with E-state index in [2.05, 4.69) is 15.1 Å². The van der Waals surface area contributed by atoms with Gasteiger partial charge in [-0.05, 0) is 6.92 Å². The Kier molecular flexibility index (Phi) is 8.75. The molecule has 1 N–H and O–H groups in total. The molecule has 1 aromatic rings. The molecule has 0 saturated heterocycles. The minimum atomic E-state index is -0.879. The molecule has 1 rings (SSSR count). The van der Waals surface area contributed by atoms with Crippen LogP contribution in [0.5, 0.6) is 0 Å². The van der Waals surface area contributed by atoms with Gasteiger partial charge in [-0.15, -0.1) is 33.9 Å². The Labute approximate surface area is 119 Å². The van der Waals surface area contributed by atoms with Crippen molar-refractivity contribution in [2.24, 2.45) is 0 Å². The van der Waals surface area contributed by atoms with Crippen molar-refractivity contribution < 1.29 is 19.5 Å². The molecule has 0 radical (unpaired) electrons. The molecule has 1 heterocycles. The molecule has 0 aliphatic carbocycles. The Bertz CT molecular complexity index is 414. The summed E-state index contributed by atoms with van der Waals surface area (Å²) in [5.74, 6) is -0.260. The SMILES string of the molecule is Cc1nc(C(=O)NCCOCCO[N+](=O)[O-])cs1.Cl. The summed E-state index contributed by atoms with van der Waals surface area (Å²) < 4.78 is 5.01. The second kappa shape index (κ2) is 9.48. The van der Waals surface area contributed by atoms with Crippen molar-refractivity contribution in [1.29, 1.82) is 0 Å². The first-order valence-electron chi connectivity index (χ1n) is 5.15. The predicted octanol–water partition coefficient (Wildman–Crippen LogP) is 0.828. The number of amides is 1. The van der Waals surface area contributed by atoms with E-state index in [0.717, 1.165) is 5.01 Å². The van der Waals surface area contributed by atoms with Crippen LogP contribution in [0.15, 0.2) is 5.38 Å². The molecule has 0 aromatic carbocycles. The van der Waals surface area contributed by atoms with E-state index in [4.69, 9.17) is 4.74 Å². The number of nitrogens with one attached hydrogen (secondary N) is 1. The quantitative estimate of drug-likeness (QED) is 0.433. The van der Waals surface area contributed by atoms with Crippen LogP contribution in [-0.4, -0.2) is 42.3 Å². The van der Waals surface area contributed by atoms with Crippen LogP contribution in [0.25, 0.3) is 0 Å². The minimum absolute atomic E-state index is 0. The van der Waals surface area contributed by atoms with Crippen LogP contribution >= 0.6 is 23.7 Å². The Hall–Kier alpha value is -1.45. The van der Waals surface area contributed by atoms with Crippen molar-refractivity contribution in [3.05, 3.63) is 26.2 Å². The zero-order valence-corrected chi connectivity index (χ0v) is 11.8. The van der Waals surface area contributed by atoms with Crippen LogP contribution < -0.4 is 5.32 Å². The van der Waals surface area contributed by atoms with Crippen LogP contribution in [0, 0.1) is 17.0 Å². The molecular weight excluding hydrogens is 298 g/mol. The highest BCUT2D eigenvalue weighted by atomic mass is 35.5. The standard InChI is InChI=1S/C9H13N3O5S.ClH/c1-7-11-8(6-18-7)9(13)10-2-3-16-4-5-17-12(14)15;/h6H,2-5H2,1H3,(H,10,13);1H. The van der Waals surface area contributed by atoms with E-state index in [1.54, 1.807) is 5.38 Å². The third kappa shape index (κ3) is 7.54. The third-order valence-electron chi connectivity index (χ3n) is 1.81. The summed E-state index contributed by atoms with van der Waals surface area (Å²) >= 11 is 1.40. The van der Waals surface area contributed by atoms with E-state index < -0.39 is 5.09 Å². The zero-order valence-electron chi connectivity index (χ0n) is 10.2. The van der Waals surface area contributed by atoms with E-state index >= 15 is 0 Å². The fraction of sp³-hybridized carbons (Fsp3) is 0.556. The van der Waals surface area contributed by atoms with E-state index in [1.807, 2.05) is 6.92 Å². The normalized spacial score (nSPS) is 9.53. The Balaban J connectivity index is 0.00000324. The minimum Gasteiger partial charge on any atom is -0.378 e. The Morgan fingerprint density at radius 2 is 2.26 bits per heavy atom. The monoisotopic (exact) mass is 311 g/mol. The van der Waals surface area contributed by atoms with E-state index in [-0.39, 0.29) is 38.1 Å². The number of aromatic nitrogens is 1. The van der Waals surface area contributed by atoms with E-state index in [0.29, 0.717) is 12.2 Å². The second-order valence-electron chi connectivity index (χ2n) is 3.18. The number of halogens is 1. The highest BCUT2D eigenvalue weighted by molar-refractivity contribution is 7.09. The van der Waals surface area contributed by atoms with E-state index in [1.165, 1.54) is 11.3 Å². The van der Waals surface area contributed by atoms with Crippen molar-refractivity contribution >= 4 is 29.7 Å². The fourth-order valence-corrected chi connectivity index (χ4v) is 1.66. The average Bonchev–Trinajstić information content (AvgIpc) is 2.74. The molecule has 0 saturated carbocycles. The van der Waals surface area contributed by atoms with Crippen LogP contribution in [0.2, 0.25) is 0 Å². The lowest BCUT2D eigenvalue weighted by Crippen LogP contribution is -2.28. The average molecular weight is 312 g/mol. The molecule has 1 aromatic heterocycles. The fourth-order valence-electron chi connectivity index (χ4n) is 1.07. The first kappa shape index (κ1) is 17.6. The molecule has 0 atom stereocenters. The smallest absolute Gasteiger partial charge is 0.294 e. The number of hydrogen-bond acceptors (Lipinski definition) is 7. The van der Waals surface area contributed by atoms with Crippen molar-refractivity contribution in [3.8, 4) is 0 Å². The van der Waals surface area contributed by atoms with Crippen molar-refractivity contribution in [2.75, 3.05) is 26.4 Å². The highest BCUT2D eigenvalue weighted by Gasteiger charge is 2.07. The highest BCUT2D eigenvalue weighted by Crippen LogP contribution is 2.07. The summed E-state index contributed by atoms with van der Waals surface area (Å²) in [5.41, 5.74) is 0.384. The van der Waals surface area contributed by atoms with Gasteiger partial charge in [0.2, 0.25) is 0 Å². The summed E-state index contributed by atoms with van der Waals surface area (Å²) in [5, 5.41) is 14.0. The maximum absolute atomic E-state index is 11.5. The number of aryl methyl sites for hydroxylation is 1. The van der Waals surface area contributed by atoms with Gasteiger partial charge >= 0.3 is 0 Å². The van der Waals surface area contributed by atoms with Gasteiger partial charge < -0.3 is 14.9 Å². The number of carbonyl (C=O) groups is 1. The van der Waals surface area contributed by atoms with Gasteiger partial charge in [-0.25, -0.2) is 4.98 Å². The topological polar surface area (TPSA) is 104 Å². The van der Waals surface area contributed by atoms with Gasteiger partial charge in [0.05, 0.1) is 18.2 Å². The third-order valence-corrected chi connectivity index (χ3v) is 2.58. The Morgan fingerprint density at radius 1 is 1.53 bits per heavy atom. The molecule has 19 heavy (non-hydrogen) atoms. The molecule has 8 nitrogen and oxygen atoms in total. The maximum Gasteiger partial charge on any atom is 0.294 e. The van der Waals surface area contributed by atoms with Gasteiger partial charge in [-0.2, -0.15) is 0 Å². The molecule has 0 fully saturated rings. The van der Waals surface area contributed by atoms with Crippen molar-refractivity contribution in [2.45, 2.75) is 6.92 Å². The number of ether oxygens (including phenoxy) is 1. The molecule has 0 spiro atoms. The number of carbonyl (C=O) groups excluding carboxylic acids is 1. The number of nitrogens with zero attached hydrogens (tertiary/aromatic N) is 2. The lowest BCUT2D eigenvalue weighted by atomic mass is 10.4. The van der Waals surface area contributed by atoms with Gasteiger partial charge in [-0.3, -0.25) is 4.79 Å². The molecule has 0 aliphatic heterocycles. The predicted molar refractivity (Wildman–Crippen MR) is 70.2 cm³/mol. The summed E-state index contributed by atoms with van der Waals surface area (Å²) in [7, 11) is 0. The first-order chi connectivity index (χ1) is 8.59. The van der Waals surface area contributed by atoms with Gasteiger partial charge in [0.25, 0.3) is 11.0 Å². The first-order valence-corrected chi connectivity index (χ1v) is 6.03.